The summed E-state index contributed by atoms with van der Waals surface area (Å²) in [6.07, 6.45) is 12.4. The second-order valence-corrected chi connectivity index (χ2v) is 10.9. The number of rotatable bonds is 5. The largest absolute Gasteiger partial charge is 0.369 e. The fraction of sp³-hybridized carbons (Fsp3) is 0.320. The number of carbonyl (C=O) groups is 1. The van der Waals surface area contributed by atoms with E-state index < -0.39 is 23.2 Å². The molecule has 2 aliphatic rings. The smallest absolute Gasteiger partial charge is 0.243 e. The van der Waals surface area contributed by atoms with Gasteiger partial charge in [0, 0.05) is 40.7 Å². The van der Waals surface area contributed by atoms with Gasteiger partial charge in [-0.3, -0.25) is 9.48 Å². The summed E-state index contributed by atoms with van der Waals surface area (Å²) in [6, 6.07) is 1.58. The molecule has 0 bridgehead atoms. The molecule has 1 saturated carbocycles. The molecule has 5 aromatic rings. The molecule has 11 nitrogen and oxygen atoms in total. The zero-order valence-electron chi connectivity index (χ0n) is 20.5. The van der Waals surface area contributed by atoms with Crippen LogP contribution in [0.4, 0.5) is 4.39 Å². The standard InChI is InChI=1S/C25H22ClFN10O/c1-24(3-4-24)35-12-14(10-33-35)25(2)8-15(21(28)38)16-11-30-23-18(20(27)34-36(23)19(16)25)13-7-17(26)22(29-9-13)37-31-5-6-32-37/h5-7,9-12,15H,3-4,8H2,1-2H3,(H2,28,38). The molecule has 2 unspecified atom stereocenters. The average molecular weight is 533 g/mol. The molecule has 0 aliphatic heterocycles. The van der Waals surface area contributed by atoms with Crippen LogP contribution in [0.3, 0.4) is 0 Å². The van der Waals surface area contributed by atoms with Crippen LogP contribution in [0.15, 0.2) is 43.2 Å². The van der Waals surface area contributed by atoms with Gasteiger partial charge in [-0.25, -0.2) is 14.5 Å². The average Bonchev–Trinajstić information content (AvgIpc) is 3.38. The molecule has 0 radical (unpaired) electrons. The van der Waals surface area contributed by atoms with Crippen molar-refractivity contribution >= 4 is 23.2 Å². The first-order valence-electron chi connectivity index (χ1n) is 12.1. The monoisotopic (exact) mass is 532 g/mol. The Bertz CT molecular complexity index is 1760. The molecular weight excluding hydrogens is 511 g/mol. The van der Waals surface area contributed by atoms with Crippen molar-refractivity contribution in [3.05, 3.63) is 71.0 Å². The van der Waals surface area contributed by atoms with Gasteiger partial charge in [0.1, 0.15) is 0 Å². The van der Waals surface area contributed by atoms with Crippen LogP contribution in [0.25, 0.3) is 22.6 Å². The van der Waals surface area contributed by atoms with Gasteiger partial charge >= 0.3 is 0 Å². The van der Waals surface area contributed by atoms with Crippen molar-refractivity contribution in [3.8, 4) is 16.9 Å². The van der Waals surface area contributed by atoms with Crippen LogP contribution in [0.1, 0.15) is 55.8 Å². The van der Waals surface area contributed by atoms with Crippen LogP contribution in [0.5, 0.6) is 0 Å². The van der Waals surface area contributed by atoms with E-state index in [0.29, 0.717) is 29.1 Å². The quantitative estimate of drug-likeness (QED) is 0.367. The summed E-state index contributed by atoms with van der Waals surface area (Å²) in [5.74, 6) is -1.49. The highest BCUT2D eigenvalue weighted by Crippen LogP contribution is 2.51. The fourth-order valence-electron chi connectivity index (χ4n) is 5.50. The second-order valence-electron chi connectivity index (χ2n) is 10.5. The predicted molar refractivity (Wildman–Crippen MR) is 134 cm³/mol. The molecule has 13 heteroatoms. The number of halogens is 2. The van der Waals surface area contributed by atoms with Gasteiger partial charge in [0.2, 0.25) is 11.9 Å². The molecule has 7 rings (SSSR count). The minimum atomic E-state index is -0.736. The van der Waals surface area contributed by atoms with E-state index in [1.165, 1.54) is 27.9 Å². The van der Waals surface area contributed by atoms with E-state index in [-0.39, 0.29) is 21.8 Å². The maximum Gasteiger partial charge on any atom is 0.243 e. The highest BCUT2D eigenvalue weighted by molar-refractivity contribution is 6.32. The van der Waals surface area contributed by atoms with Crippen molar-refractivity contribution in [3.63, 3.8) is 0 Å². The number of amides is 1. The van der Waals surface area contributed by atoms with Gasteiger partial charge in [0.05, 0.1) is 46.3 Å². The van der Waals surface area contributed by atoms with E-state index in [1.54, 1.807) is 12.3 Å². The summed E-state index contributed by atoms with van der Waals surface area (Å²) in [5.41, 5.74) is 8.12. The number of hydrogen-bond acceptors (Lipinski definition) is 7. The number of primary amides is 1. The van der Waals surface area contributed by atoms with Crippen molar-refractivity contribution in [1.82, 2.24) is 44.4 Å². The molecule has 0 aromatic carbocycles. The molecule has 2 N–H and O–H groups in total. The van der Waals surface area contributed by atoms with Crippen molar-refractivity contribution in [2.75, 3.05) is 0 Å². The van der Waals surface area contributed by atoms with Crippen LogP contribution in [0.2, 0.25) is 5.02 Å². The topological polar surface area (TPSA) is 135 Å². The third kappa shape index (κ3) is 3.16. The van der Waals surface area contributed by atoms with E-state index in [9.17, 15) is 4.79 Å². The lowest BCUT2D eigenvalue weighted by atomic mass is 9.80. The van der Waals surface area contributed by atoms with Crippen LogP contribution >= 0.6 is 11.6 Å². The van der Waals surface area contributed by atoms with Gasteiger partial charge in [-0.15, -0.1) is 9.90 Å². The number of nitrogens with two attached hydrogens (primary N) is 1. The molecular formula is C25H22ClFN10O. The lowest BCUT2D eigenvalue weighted by Gasteiger charge is -2.24. The predicted octanol–water partition coefficient (Wildman–Crippen LogP) is 3.15. The highest BCUT2D eigenvalue weighted by atomic mass is 35.5. The second kappa shape index (κ2) is 7.67. The minimum Gasteiger partial charge on any atom is -0.369 e. The van der Waals surface area contributed by atoms with Crippen molar-refractivity contribution in [2.45, 2.75) is 50.0 Å². The van der Waals surface area contributed by atoms with Gasteiger partial charge in [0.25, 0.3) is 0 Å². The molecule has 0 spiro atoms. The lowest BCUT2D eigenvalue weighted by Crippen LogP contribution is -2.25. The van der Waals surface area contributed by atoms with E-state index in [4.69, 9.17) is 17.3 Å². The number of nitrogens with zero attached hydrogens (tertiary/aromatic N) is 9. The molecule has 0 saturated heterocycles. The van der Waals surface area contributed by atoms with Gasteiger partial charge in [-0.05, 0) is 39.2 Å². The lowest BCUT2D eigenvalue weighted by molar-refractivity contribution is -0.119. The minimum absolute atomic E-state index is 0.00178. The molecule has 2 aliphatic carbocycles. The van der Waals surface area contributed by atoms with Crippen molar-refractivity contribution in [2.24, 2.45) is 5.73 Å². The first-order chi connectivity index (χ1) is 18.2. The Morgan fingerprint density at radius 2 is 1.89 bits per heavy atom. The van der Waals surface area contributed by atoms with E-state index in [2.05, 4.69) is 37.3 Å². The molecule has 1 amide bonds. The summed E-state index contributed by atoms with van der Waals surface area (Å²) >= 11 is 6.46. The maximum atomic E-state index is 15.6. The highest BCUT2D eigenvalue weighted by Gasteiger charge is 2.49. The molecule has 38 heavy (non-hydrogen) atoms. The van der Waals surface area contributed by atoms with Crippen molar-refractivity contribution in [1.29, 1.82) is 0 Å². The van der Waals surface area contributed by atoms with E-state index >= 15 is 4.39 Å². The Morgan fingerprint density at radius 3 is 2.58 bits per heavy atom. The molecule has 5 aromatic heterocycles. The van der Waals surface area contributed by atoms with Gasteiger partial charge in [-0.2, -0.15) is 19.7 Å². The summed E-state index contributed by atoms with van der Waals surface area (Å²) in [5, 5.41) is 17.2. The SMILES string of the molecule is CC1(c2cnn(C3(C)CC3)c2)CC(C(N)=O)c2cnc3c(-c4cnc(-n5nccn5)c(Cl)c4)c(F)nn3c21. The van der Waals surface area contributed by atoms with Crippen LogP contribution in [-0.2, 0) is 15.7 Å². The number of fused-ring (bicyclic) bond motifs is 3. The van der Waals surface area contributed by atoms with Gasteiger partial charge < -0.3 is 5.73 Å². The summed E-state index contributed by atoms with van der Waals surface area (Å²) in [7, 11) is 0. The number of carbonyl (C=O) groups excluding carboxylic acids is 1. The molecule has 192 valence electrons. The number of pyridine rings is 1. The molecule has 1 fully saturated rings. The van der Waals surface area contributed by atoms with Crippen LogP contribution < -0.4 is 5.73 Å². The van der Waals surface area contributed by atoms with Crippen LogP contribution in [0, 0.1) is 5.95 Å². The normalized spacial score (nSPS) is 21.6. The number of aromatic nitrogens is 9. The fourth-order valence-corrected chi connectivity index (χ4v) is 5.75. The molecule has 5 heterocycles. The number of hydrogen-bond donors (Lipinski definition) is 1. The maximum absolute atomic E-state index is 15.6. The Hall–Kier alpha value is -4.19. The Kier molecular flexibility index (Phi) is 4.63. The van der Waals surface area contributed by atoms with Crippen LogP contribution in [-0.4, -0.2) is 50.3 Å². The summed E-state index contributed by atoms with van der Waals surface area (Å²) in [6.45, 7) is 4.17. The van der Waals surface area contributed by atoms with Crippen molar-refractivity contribution < 1.29 is 9.18 Å². The Balaban J connectivity index is 1.41. The summed E-state index contributed by atoms with van der Waals surface area (Å²) in [4.78, 5) is 22.6. The Labute approximate surface area is 220 Å². The zero-order chi connectivity index (χ0) is 26.4. The third-order valence-electron chi connectivity index (χ3n) is 7.95. The van der Waals surface area contributed by atoms with Gasteiger partial charge in [0.15, 0.2) is 11.5 Å². The zero-order valence-corrected chi connectivity index (χ0v) is 21.3. The van der Waals surface area contributed by atoms with Gasteiger partial charge in [-0.1, -0.05) is 11.6 Å². The Morgan fingerprint density at radius 1 is 1.13 bits per heavy atom. The van der Waals surface area contributed by atoms with E-state index in [1.807, 2.05) is 24.0 Å². The first kappa shape index (κ1) is 23.0. The van der Waals surface area contributed by atoms with E-state index in [0.717, 1.165) is 18.4 Å². The first-order valence-corrected chi connectivity index (χ1v) is 12.5. The molecule has 2 atom stereocenters. The summed E-state index contributed by atoms with van der Waals surface area (Å²) < 4.78 is 19.0. The third-order valence-corrected chi connectivity index (χ3v) is 8.23.